The van der Waals surface area contributed by atoms with E-state index in [2.05, 4.69) is 15.3 Å². The number of rotatable bonds is 4. The van der Waals surface area contributed by atoms with Crippen LogP contribution in [-0.2, 0) is 0 Å². The summed E-state index contributed by atoms with van der Waals surface area (Å²) in [7, 11) is 4.07. The fraction of sp³-hybridized carbons (Fsp3) is 0.364. The predicted molar refractivity (Wildman–Crippen MR) is 66.6 cm³/mol. The van der Waals surface area contributed by atoms with Gasteiger partial charge in [0.25, 0.3) is 0 Å². The van der Waals surface area contributed by atoms with Gasteiger partial charge in [0.1, 0.15) is 5.69 Å². The Balaban J connectivity index is 2.15. The zero-order chi connectivity index (χ0) is 11.5. The number of hydrogen-bond acceptors (Lipinski definition) is 4. The normalized spacial score (nSPS) is 11.2. The third-order valence-electron chi connectivity index (χ3n) is 2.43. The molecular formula is C11H17N5. The zero-order valence-corrected chi connectivity index (χ0v) is 9.64. The molecule has 5 heteroatoms. The highest BCUT2D eigenvalue weighted by Crippen LogP contribution is 2.21. The molecule has 0 aromatic carbocycles. The summed E-state index contributed by atoms with van der Waals surface area (Å²) in [6, 6.07) is 5.85. The lowest BCUT2D eigenvalue weighted by Crippen LogP contribution is -2.21. The number of nitrogen functional groups attached to an aromatic ring is 1. The van der Waals surface area contributed by atoms with E-state index >= 15 is 0 Å². The number of nitrogens with zero attached hydrogens (tertiary/aromatic N) is 3. The lowest BCUT2D eigenvalue weighted by atomic mass is 10.3. The van der Waals surface area contributed by atoms with Gasteiger partial charge >= 0.3 is 0 Å². The van der Waals surface area contributed by atoms with Gasteiger partial charge in [-0.2, -0.15) is 0 Å². The molecule has 0 aliphatic carbocycles. The molecule has 0 radical (unpaired) electrons. The molecule has 0 spiro atoms. The largest absolute Gasteiger partial charge is 0.394 e. The van der Waals surface area contributed by atoms with Crippen molar-refractivity contribution in [2.45, 2.75) is 0 Å². The second kappa shape index (κ2) is 4.40. The lowest BCUT2D eigenvalue weighted by molar-refractivity contribution is 0.425. The Bertz CT molecular complexity index is 474. The number of likely N-dealkylation sites (N-methyl/N-ethyl adjacent to an activating group) is 1. The summed E-state index contributed by atoms with van der Waals surface area (Å²) in [6.07, 6.45) is 1.89. The smallest absolute Gasteiger partial charge is 0.172 e. The Hall–Kier alpha value is -1.75. The number of anilines is 2. The van der Waals surface area contributed by atoms with E-state index in [4.69, 9.17) is 5.73 Å². The molecule has 2 heterocycles. The van der Waals surface area contributed by atoms with Crippen LogP contribution in [0.5, 0.6) is 0 Å². The second-order valence-corrected chi connectivity index (χ2v) is 4.02. The van der Waals surface area contributed by atoms with Crippen LogP contribution in [0.1, 0.15) is 0 Å². The highest BCUT2D eigenvalue weighted by atomic mass is 15.3. The molecule has 16 heavy (non-hydrogen) atoms. The molecule has 0 unspecified atom stereocenters. The molecule has 2 rings (SSSR count). The van der Waals surface area contributed by atoms with Crippen molar-refractivity contribution in [3.05, 3.63) is 24.4 Å². The van der Waals surface area contributed by atoms with E-state index in [1.165, 1.54) is 0 Å². The van der Waals surface area contributed by atoms with Crippen molar-refractivity contribution in [1.82, 2.24) is 14.5 Å². The first kappa shape index (κ1) is 10.8. The molecule has 5 nitrogen and oxygen atoms in total. The van der Waals surface area contributed by atoms with E-state index in [9.17, 15) is 0 Å². The number of nitrogens with one attached hydrogen (secondary N) is 1. The predicted octanol–water partition coefficient (Wildman–Crippen LogP) is 0.890. The maximum Gasteiger partial charge on any atom is 0.172 e. The maximum atomic E-state index is 6.00. The van der Waals surface area contributed by atoms with Crippen molar-refractivity contribution in [2.75, 3.05) is 38.2 Å². The second-order valence-electron chi connectivity index (χ2n) is 4.02. The molecular weight excluding hydrogens is 202 g/mol. The van der Waals surface area contributed by atoms with Gasteiger partial charge in [-0.15, -0.1) is 5.10 Å². The lowest BCUT2D eigenvalue weighted by Gasteiger charge is -2.09. The van der Waals surface area contributed by atoms with E-state index in [0.29, 0.717) is 5.69 Å². The molecule has 3 N–H and O–H groups in total. The van der Waals surface area contributed by atoms with Gasteiger partial charge < -0.3 is 16.0 Å². The molecule has 0 saturated carbocycles. The van der Waals surface area contributed by atoms with E-state index in [1.54, 1.807) is 4.52 Å². The number of nitrogens with two attached hydrogens (primary N) is 1. The molecule has 2 aromatic rings. The van der Waals surface area contributed by atoms with Crippen molar-refractivity contribution in [1.29, 1.82) is 0 Å². The van der Waals surface area contributed by atoms with Crippen molar-refractivity contribution in [3.8, 4) is 0 Å². The Morgan fingerprint density at radius 2 is 2.25 bits per heavy atom. The summed E-state index contributed by atoms with van der Waals surface area (Å²) in [5.41, 5.74) is 7.64. The third kappa shape index (κ3) is 2.09. The van der Waals surface area contributed by atoms with E-state index in [0.717, 1.165) is 24.4 Å². The van der Waals surface area contributed by atoms with Crippen molar-refractivity contribution in [3.63, 3.8) is 0 Å². The van der Waals surface area contributed by atoms with E-state index in [1.807, 2.05) is 38.5 Å². The fourth-order valence-corrected chi connectivity index (χ4v) is 1.55. The van der Waals surface area contributed by atoms with Crippen LogP contribution in [0.2, 0.25) is 0 Å². The molecule has 0 fully saturated rings. The third-order valence-corrected chi connectivity index (χ3v) is 2.43. The van der Waals surface area contributed by atoms with Crippen LogP contribution in [0.4, 0.5) is 11.5 Å². The van der Waals surface area contributed by atoms with Crippen molar-refractivity contribution in [2.24, 2.45) is 0 Å². The molecule has 0 aliphatic rings. The van der Waals surface area contributed by atoms with Crippen molar-refractivity contribution >= 4 is 17.0 Å². The molecule has 0 amide bonds. The van der Waals surface area contributed by atoms with E-state index in [-0.39, 0.29) is 0 Å². The molecule has 0 aliphatic heterocycles. The number of pyridine rings is 1. The molecule has 0 atom stereocenters. The van der Waals surface area contributed by atoms with Gasteiger partial charge in [-0.1, -0.05) is 6.07 Å². The standard InChI is InChI=1S/C11H17N5/c1-15(2)8-6-13-11-10(12)9-5-3-4-7-16(9)14-11/h3-5,7H,6,8,12H2,1-2H3,(H,13,14). The minimum Gasteiger partial charge on any atom is -0.394 e. The Morgan fingerprint density at radius 3 is 2.94 bits per heavy atom. The zero-order valence-electron chi connectivity index (χ0n) is 9.64. The average Bonchev–Trinajstić information content (AvgIpc) is 2.56. The summed E-state index contributed by atoms with van der Waals surface area (Å²) in [4.78, 5) is 2.11. The average molecular weight is 219 g/mol. The van der Waals surface area contributed by atoms with Crippen LogP contribution in [0.15, 0.2) is 24.4 Å². The van der Waals surface area contributed by atoms with Crippen LogP contribution < -0.4 is 11.1 Å². The van der Waals surface area contributed by atoms with Crippen molar-refractivity contribution < 1.29 is 0 Å². The van der Waals surface area contributed by atoms with Crippen LogP contribution in [-0.4, -0.2) is 41.7 Å². The highest BCUT2D eigenvalue weighted by Gasteiger charge is 2.07. The van der Waals surface area contributed by atoms with Crippen LogP contribution in [0.3, 0.4) is 0 Å². The van der Waals surface area contributed by atoms with Gasteiger partial charge in [-0.25, -0.2) is 4.52 Å². The molecule has 0 bridgehead atoms. The first-order chi connectivity index (χ1) is 7.68. The van der Waals surface area contributed by atoms with Gasteiger partial charge in [0.15, 0.2) is 5.82 Å². The minimum atomic E-state index is 0.708. The van der Waals surface area contributed by atoms with Gasteiger partial charge in [0.2, 0.25) is 0 Å². The minimum absolute atomic E-state index is 0.708. The fourth-order valence-electron chi connectivity index (χ4n) is 1.55. The SMILES string of the molecule is CN(C)CCNc1nn2ccccc2c1N. The Morgan fingerprint density at radius 1 is 1.44 bits per heavy atom. The quantitative estimate of drug-likeness (QED) is 0.801. The number of fused-ring (bicyclic) bond motifs is 1. The monoisotopic (exact) mass is 219 g/mol. The van der Waals surface area contributed by atoms with E-state index < -0.39 is 0 Å². The summed E-state index contributed by atoms with van der Waals surface area (Å²) < 4.78 is 1.79. The number of hydrogen-bond donors (Lipinski definition) is 2. The first-order valence-electron chi connectivity index (χ1n) is 5.30. The van der Waals surface area contributed by atoms with Gasteiger partial charge in [-0.05, 0) is 26.2 Å². The summed E-state index contributed by atoms with van der Waals surface area (Å²) in [6.45, 7) is 1.79. The highest BCUT2D eigenvalue weighted by molar-refractivity contribution is 5.80. The van der Waals surface area contributed by atoms with Gasteiger partial charge in [-0.3, -0.25) is 0 Å². The summed E-state index contributed by atoms with van der Waals surface area (Å²) >= 11 is 0. The topological polar surface area (TPSA) is 58.6 Å². The molecule has 0 saturated heterocycles. The van der Waals surface area contributed by atoms with Crippen LogP contribution in [0, 0.1) is 0 Å². The number of aromatic nitrogens is 2. The van der Waals surface area contributed by atoms with Gasteiger partial charge in [0.05, 0.1) is 5.52 Å². The maximum absolute atomic E-state index is 6.00. The van der Waals surface area contributed by atoms with Gasteiger partial charge in [0, 0.05) is 19.3 Å². The Labute approximate surface area is 94.8 Å². The first-order valence-corrected chi connectivity index (χ1v) is 5.30. The Kier molecular flexibility index (Phi) is 2.96. The molecule has 86 valence electrons. The summed E-state index contributed by atoms with van der Waals surface area (Å²) in [5.74, 6) is 0.757. The van der Waals surface area contributed by atoms with Crippen LogP contribution in [0.25, 0.3) is 5.52 Å². The summed E-state index contributed by atoms with van der Waals surface area (Å²) in [5, 5.41) is 7.61. The van der Waals surface area contributed by atoms with Crippen LogP contribution >= 0.6 is 0 Å². The molecule has 2 aromatic heterocycles.